The quantitative estimate of drug-likeness (QED) is 0.762. The summed E-state index contributed by atoms with van der Waals surface area (Å²) >= 11 is 0. The molecule has 2 aromatic carbocycles. The van der Waals surface area contributed by atoms with Crippen molar-refractivity contribution in [2.75, 3.05) is 7.05 Å². The van der Waals surface area contributed by atoms with Crippen LogP contribution >= 0.6 is 0 Å². The van der Waals surface area contributed by atoms with Crippen molar-refractivity contribution in [1.82, 2.24) is 9.88 Å². The van der Waals surface area contributed by atoms with Crippen molar-refractivity contribution in [2.24, 2.45) is 0 Å². The topological polar surface area (TPSA) is 39.3 Å². The highest BCUT2D eigenvalue weighted by atomic mass is 16.3. The Morgan fingerprint density at radius 1 is 1.00 bits per heavy atom. The molecule has 0 atom stereocenters. The van der Waals surface area contributed by atoms with Crippen molar-refractivity contribution in [3.8, 4) is 5.75 Å². The Bertz CT molecular complexity index is 761. The third-order valence-electron chi connectivity index (χ3n) is 3.91. The molecule has 0 fully saturated rings. The number of aromatic hydroxyl groups is 1. The van der Waals surface area contributed by atoms with Crippen LogP contribution in [0.25, 0.3) is 10.9 Å². The largest absolute Gasteiger partial charge is 0.507 e. The van der Waals surface area contributed by atoms with E-state index in [4.69, 9.17) is 0 Å². The lowest BCUT2D eigenvalue weighted by Crippen LogP contribution is -2.17. The zero-order chi connectivity index (χ0) is 14.8. The first-order valence-electron chi connectivity index (χ1n) is 7.16. The van der Waals surface area contributed by atoms with Crippen LogP contribution in [0.15, 0.2) is 48.7 Å². The van der Waals surface area contributed by atoms with Gasteiger partial charge in [-0.1, -0.05) is 30.3 Å². The van der Waals surface area contributed by atoms with E-state index in [0.717, 1.165) is 29.6 Å². The van der Waals surface area contributed by atoms with E-state index in [1.807, 2.05) is 18.3 Å². The maximum absolute atomic E-state index is 10.0. The minimum Gasteiger partial charge on any atom is -0.507 e. The average Bonchev–Trinajstić information content (AvgIpc) is 2.86. The molecule has 0 saturated carbocycles. The van der Waals surface area contributed by atoms with E-state index < -0.39 is 0 Å². The van der Waals surface area contributed by atoms with Gasteiger partial charge in [-0.25, -0.2) is 0 Å². The van der Waals surface area contributed by atoms with Crippen molar-refractivity contribution in [3.05, 3.63) is 65.4 Å². The molecule has 3 rings (SSSR count). The second-order valence-electron chi connectivity index (χ2n) is 5.61. The molecule has 2 N–H and O–H groups in total. The highest BCUT2D eigenvalue weighted by molar-refractivity contribution is 5.88. The zero-order valence-electron chi connectivity index (χ0n) is 12.4. The molecule has 3 nitrogen and oxygen atoms in total. The first kappa shape index (κ1) is 13.7. The Balaban J connectivity index is 1.81. The van der Waals surface area contributed by atoms with E-state index in [9.17, 15) is 5.11 Å². The summed E-state index contributed by atoms with van der Waals surface area (Å²) < 4.78 is 0. The molecule has 0 aliphatic heterocycles. The lowest BCUT2D eigenvalue weighted by molar-refractivity contribution is 0.319. The second-order valence-corrected chi connectivity index (χ2v) is 5.61. The summed E-state index contributed by atoms with van der Waals surface area (Å²) in [6.07, 6.45) is 1.98. The average molecular weight is 280 g/mol. The van der Waals surface area contributed by atoms with Crippen molar-refractivity contribution >= 4 is 10.9 Å². The van der Waals surface area contributed by atoms with E-state index in [-0.39, 0.29) is 0 Å². The fourth-order valence-corrected chi connectivity index (χ4v) is 2.78. The molecule has 0 unspecified atom stereocenters. The highest BCUT2D eigenvalue weighted by Gasteiger charge is 2.10. The van der Waals surface area contributed by atoms with E-state index >= 15 is 0 Å². The maximum Gasteiger partial charge on any atom is 0.125 e. The van der Waals surface area contributed by atoms with Gasteiger partial charge in [0, 0.05) is 30.2 Å². The second kappa shape index (κ2) is 5.62. The molecule has 3 heteroatoms. The molecule has 1 heterocycles. The van der Waals surface area contributed by atoms with Gasteiger partial charge in [-0.15, -0.1) is 0 Å². The summed E-state index contributed by atoms with van der Waals surface area (Å²) in [5.41, 5.74) is 4.75. The van der Waals surface area contributed by atoms with Crippen LogP contribution in [0.3, 0.4) is 0 Å². The molecule has 0 radical (unpaired) electrons. The van der Waals surface area contributed by atoms with Crippen LogP contribution in [0.4, 0.5) is 0 Å². The van der Waals surface area contributed by atoms with Gasteiger partial charge in [0.05, 0.1) is 0 Å². The number of hydrogen-bond donors (Lipinski definition) is 2. The van der Waals surface area contributed by atoms with Crippen LogP contribution in [-0.4, -0.2) is 22.0 Å². The number of aryl methyl sites for hydroxylation is 1. The number of aromatic nitrogens is 1. The predicted octanol–water partition coefficient (Wildman–Crippen LogP) is 3.81. The number of benzene rings is 2. The van der Waals surface area contributed by atoms with Crippen molar-refractivity contribution in [3.63, 3.8) is 0 Å². The number of fused-ring (bicyclic) bond motifs is 1. The van der Waals surface area contributed by atoms with Crippen LogP contribution in [0, 0.1) is 6.92 Å². The molecule has 1 aromatic heterocycles. The van der Waals surface area contributed by atoms with Gasteiger partial charge in [-0.2, -0.15) is 0 Å². The van der Waals surface area contributed by atoms with Gasteiger partial charge in [0.15, 0.2) is 0 Å². The lowest BCUT2D eigenvalue weighted by atomic mass is 10.1. The van der Waals surface area contributed by atoms with Gasteiger partial charge >= 0.3 is 0 Å². The molecule has 0 amide bonds. The van der Waals surface area contributed by atoms with Crippen molar-refractivity contribution in [1.29, 1.82) is 0 Å². The number of aromatic amines is 1. The number of nitrogens with one attached hydrogen (secondary N) is 1. The van der Waals surface area contributed by atoms with E-state index in [1.54, 1.807) is 6.07 Å². The molecular formula is C18H20N2O. The summed E-state index contributed by atoms with van der Waals surface area (Å²) in [6, 6.07) is 14.0. The normalized spacial score (nSPS) is 11.4. The molecule has 0 saturated heterocycles. The number of hydrogen-bond acceptors (Lipinski definition) is 2. The molecule has 21 heavy (non-hydrogen) atoms. The van der Waals surface area contributed by atoms with Gasteiger partial charge in [-0.3, -0.25) is 4.90 Å². The summed E-state index contributed by atoms with van der Waals surface area (Å²) in [4.78, 5) is 5.48. The number of H-pyrrole nitrogens is 1. The number of rotatable bonds is 4. The van der Waals surface area contributed by atoms with Crippen LogP contribution in [0.1, 0.15) is 16.7 Å². The standard InChI is InChI=1S/C18H20N2O/c1-13-6-3-4-7-14(13)11-20(2)12-15-10-19-16-8-5-9-17(21)18(15)16/h3-10,19,21H,11-12H2,1-2H3. The van der Waals surface area contributed by atoms with Gasteiger partial charge in [-0.05, 0) is 42.8 Å². The summed E-state index contributed by atoms with van der Waals surface area (Å²) in [6.45, 7) is 3.83. The third-order valence-corrected chi connectivity index (χ3v) is 3.91. The van der Waals surface area contributed by atoms with Gasteiger partial charge in [0.1, 0.15) is 5.75 Å². The Morgan fingerprint density at radius 3 is 2.57 bits per heavy atom. The molecule has 0 spiro atoms. The molecule has 108 valence electrons. The molecular weight excluding hydrogens is 260 g/mol. The Morgan fingerprint density at radius 2 is 1.76 bits per heavy atom. The Labute approximate surface area is 124 Å². The minimum atomic E-state index is 0.341. The van der Waals surface area contributed by atoms with Crippen LogP contribution in [0.2, 0.25) is 0 Å². The fraction of sp³-hybridized carbons (Fsp3) is 0.222. The van der Waals surface area contributed by atoms with Crippen LogP contribution < -0.4 is 0 Å². The number of phenols is 1. The Hall–Kier alpha value is -2.26. The van der Waals surface area contributed by atoms with E-state index in [0.29, 0.717) is 5.75 Å². The molecule has 0 aliphatic carbocycles. The SMILES string of the molecule is Cc1ccccc1CN(C)Cc1c[nH]c2cccc(O)c12. The predicted molar refractivity (Wildman–Crippen MR) is 86.3 cm³/mol. The molecule has 3 aromatic rings. The first-order valence-corrected chi connectivity index (χ1v) is 7.16. The summed E-state index contributed by atoms with van der Waals surface area (Å²) in [5, 5.41) is 11.0. The van der Waals surface area contributed by atoms with Crippen molar-refractivity contribution < 1.29 is 5.11 Å². The van der Waals surface area contributed by atoms with Gasteiger partial charge < -0.3 is 10.1 Å². The molecule has 0 bridgehead atoms. The number of nitrogens with zero attached hydrogens (tertiary/aromatic N) is 1. The third kappa shape index (κ3) is 2.78. The Kier molecular flexibility index (Phi) is 3.67. The highest BCUT2D eigenvalue weighted by Crippen LogP contribution is 2.28. The lowest BCUT2D eigenvalue weighted by Gasteiger charge is -2.17. The van der Waals surface area contributed by atoms with Crippen LogP contribution in [0.5, 0.6) is 5.75 Å². The number of phenolic OH excluding ortho intramolecular Hbond substituents is 1. The van der Waals surface area contributed by atoms with E-state index in [2.05, 4.69) is 48.1 Å². The van der Waals surface area contributed by atoms with Crippen molar-refractivity contribution in [2.45, 2.75) is 20.0 Å². The monoisotopic (exact) mass is 280 g/mol. The summed E-state index contributed by atoms with van der Waals surface area (Å²) in [5.74, 6) is 0.341. The van der Waals surface area contributed by atoms with Crippen LogP contribution in [-0.2, 0) is 13.1 Å². The fourth-order valence-electron chi connectivity index (χ4n) is 2.78. The smallest absolute Gasteiger partial charge is 0.125 e. The van der Waals surface area contributed by atoms with Gasteiger partial charge in [0.25, 0.3) is 0 Å². The van der Waals surface area contributed by atoms with E-state index in [1.165, 1.54) is 11.1 Å². The maximum atomic E-state index is 10.0. The first-order chi connectivity index (χ1) is 10.1. The van der Waals surface area contributed by atoms with Gasteiger partial charge in [0.2, 0.25) is 0 Å². The molecule has 0 aliphatic rings. The zero-order valence-corrected chi connectivity index (χ0v) is 12.4. The summed E-state index contributed by atoms with van der Waals surface area (Å²) in [7, 11) is 2.10. The minimum absolute atomic E-state index is 0.341.